The molecule has 1 saturated heterocycles. The van der Waals surface area contributed by atoms with E-state index >= 15 is 0 Å². The summed E-state index contributed by atoms with van der Waals surface area (Å²) in [6.07, 6.45) is 2.27. The highest BCUT2D eigenvalue weighted by atomic mass is 16.5. The van der Waals surface area contributed by atoms with Gasteiger partial charge in [-0.3, -0.25) is 0 Å². The number of hydrogen-bond donors (Lipinski definition) is 1. The predicted molar refractivity (Wildman–Crippen MR) is 57.4 cm³/mol. The van der Waals surface area contributed by atoms with E-state index in [-0.39, 0.29) is 5.54 Å². The summed E-state index contributed by atoms with van der Waals surface area (Å²) in [7, 11) is 1.70. The minimum absolute atomic E-state index is 0.169. The van der Waals surface area contributed by atoms with Crippen molar-refractivity contribution >= 4 is 0 Å². The van der Waals surface area contributed by atoms with E-state index in [1.165, 1.54) is 12.0 Å². The summed E-state index contributed by atoms with van der Waals surface area (Å²) < 4.78 is 10.9. The van der Waals surface area contributed by atoms with Crippen LogP contribution in [-0.2, 0) is 5.54 Å². The van der Waals surface area contributed by atoms with Crippen molar-refractivity contribution < 1.29 is 9.47 Å². The monoisotopic (exact) mass is 205 g/mol. The third-order valence-corrected chi connectivity index (χ3v) is 3.50. The molecule has 3 heteroatoms. The van der Waals surface area contributed by atoms with Crippen LogP contribution in [0.1, 0.15) is 18.4 Å². The van der Waals surface area contributed by atoms with Gasteiger partial charge in [-0.25, -0.2) is 0 Å². The fraction of sp³-hybridized carbons (Fsp3) is 0.500. The molecule has 3 rings (SSSR count). The van der Waals surface area contributed by atoms with Crippen molar-refractivity contribution in [3.63, 3.8) is 0 Å². The number of hydrogen-bond acceptors (Lipinski definition) is 3. The zero-order valence-corrected chi connectivity index (χ0v) is 8.88. The number of ether oxygens (including phenoxy) is 2. The quantitative estimate of drug-likeness (QED) is 0.756. The summed E-state index contributed by atoms with van der Waals surface area (Å²) >= 11 is 0. The molecule has 0 aromatic heterocycles. The number of fused-ring (bicyclic) bond motifs is 2. The second-order valence-electron chi connectivity index (χ2n) is 4.22. The Morgan fingerprint density at radius 3 is 2.93 bits per heavy atom. The molecule has 80 valence electrons. The van der Waals surface area contributed by atoms with Gasteiger partial charge in [0, 0.05) is 12.0 Å². The molecular weight excluding hydrogens is 190 g/mol. The number of methoxy groups -OCH3 is 1. The van der Waals surface area contributed by atoms with Crippen LogP contribution in [0.5, 0.6) is 11.5 Å². The lowest BCUT2D eigenvalue weighted by Gasteiger charge is -2.47. The number of rotatable bonds is 1. The fourth-order valence-electron chi connectivity index (χ4n) is 2.48. The van der Waals surface area contributed by atoms with Gasteiger partial charge in [-0.05, 0) is 31.2 Å². The largest absolute Gasteiger partial charge is 0.497 e. The van der Waals surface area contributed by atoms with Crippen molar-refractivity contribution in [1.82, 2.24) is 5.32 Å². The van der Waals surface area contributed by atoms with Crippen LogP contribution in [-0.4, -0.2) is 20.3 Å². The van der Waals surface area contributed by atoms with E-state index in [1.807, 2.05) is 12.1 Å². The minimum Gasteiger partial charge on any atom is -0.497 e. The molecule has 1 spiro atoms. The Hall–Kier alpha value is -1.22. The van der Waals surface area contributed by atoms with Crippen molar-refractivity contribution in [2.24, 2.45) is 0 Å². The summed E-state index contributed by atoms with van der Waals surface area (Å²) in [4.78, 5) is 0. The van der Waals surface area contributed by atoms with E-state index in [9.17, 15) is 0 Å². The molecule has 1 aromatic carbocycles. The topological polar surface area (TPSA) is 30.5 Å². The van der Waals surface area contributed by atoms with Gasteiger partial charge >= 0.3 is 0 Å². The van der Waals surface area contributed by atoms with E-state index in [0.29, 0.717) is 0 Å². The first-order chi connectivity index (χ1) is 7.34. The molecule has 0 bridgehead atoms. The zero-order valence-electron chi connectivity index (χ0n) is 8.88. The molecule has 0 aliphatic carbocycles. The van der Waals surface area contributed by atoms with Crippen molar-refractivity contribution in [1.29, 1.82) is 0 Å². The highest BCUT2D eigenvalue weighted by molar-refractivity contribution is 5.47. The standard InChI is InChI=1S/C12H15NO2/c1-14-9-2-3-11-10(8-9)12(4-6-13-12)5-7-15-11/h2-3,8,13H,4-7H2,1H3/t12-/m0/s1. The van der Waals surface area contributed by atoms with E-state index < -0.39 is 0 Å². The molecule has 2 heterocycles. The van der Waals surface area contributed by atoms with Gasteiger partial charge < -0.3 is 14.8 Å². The highest BCUT2D eigenvalue weighted by Crippen LogP contribution is 2.44. The third-order valence-electron chi connectivity index (χ3n) is 3.50. The molecule has 0 saturated carbocycles. The normalized spacial score (nSPS) is 27.8. The highest BCUT2D eigenvalue weighted by Gasteiger charge is 2.42. The predicted octanol–water partition coefficient (Wildman–Crippen LogP) is 1.67. The van der Waals surface area contributed by atoms with Gasteiger partial charge in [0.1, 0.15) is 11.5 Å². The Labute approximate surface area is 89.4 Å². The van der Waals surface area contributed by atoms with E-state index in [0.717, 1.165) is 31.1 Å². The molecule has 1 atom stereocenters. The second kappa shape index (κ2) is 3.14. The molecule has 1 fully saturated rings. The second-order valence-corrected chi connectivity index (χ2v) is 4.22. The Balaban J connectivity index is 2.08. The van der Waals surface area contributed by atoms with Crippen molar-refractivity contribution in [3.8, 4) is 11.5 Å². The molecule has 2 aliphatic heterocycles. The summed E-state index contributed by atoms with van der Waals surface area (Å²) in [5.74, 6) is 1.92. The molecule has 0 amide bonds. The number of benzene rings is 1. The summed E-state index contributed by atoms with van der Waals surface area (Å²) in [6, 6.07) is 6.06. The number of nitrogens with one attached hydrogen (secondary N) is 1. The van der Waals surface area contributed by atoms with Crippen LogP contribution in [0, 0.1) is 0 Å². The smallest absolute Gasteiger partial charge is 0.124 e. The first-order valence-electron chi connectivity index (χ1n) is 5.40. The maximum Gasteiger partial charge on any atom is 0.124 e. The van der Waals surface area contributed by atoms with Crippen molar-refractivity contribution in [2.75, 3.05) is 20.3 Å². The fourth-order valence-corrected chi connectivity index (χ4v) is 2.48. The van der Waals surface area contributed by atoms with Gasteiger partial charge in [-0.1, -0.05) is 0 Å². The lowest BCUT2D eigenvalue weighted by atomic mass is 9.76. The van der Waals surface area contributed by atoms with Gasteiger partial charge in [-0.15, -0.1) is 0 Å². The van der Waals surface area contributed by atoms with Crippen LogP contribution in [0.25, 0.3) is 0 Å². The molecule has 3 nitrogen and oxygen atoms in total. The lowest BCUT2D eigenvalue weighted by Crippen LogP contribution is -2.56. The minimum atomic E-state index is 0.169. The Morgan fingerprint density at radius 2 is 2.27 bits per heavy atom. The lowest BCUT2D eigenvalue weighted by molar-refractivity contribution is 0.122. The van der Waals surface area contributed by atoms with Crippen LogP contribution in [0.15, 0.2) is 18.2 Å². The first kappa shape index (κ1) is 9.04. The Bertz CT molecular complexity index is 385. The van der Waals surface area contributed by atoms with Crippen LogP contribution in [0.3, 0.4) is 0 Å². The summed E-state index contributed by atoms with van der Waals surface area (Å²) in [6.45, 7) is 1.92. The maximum absolute atomic E-state index is 5.66. The van der Waals surface area contributed by atoms with E-state index in [4.69, 9.17) is 9.47 Å². The van der Waals surface area contributed by atoms with Crippen LogP contribution >= 0.6 is 0 Å². The molecule has 0 radical (unpaired) electrons. The van der Waals surface area contributed by atoms with Gasteiger partial charge in [0.2, 0.25) is 0 Å². The summed E-state index contributed by atoms with van der Waals surface area (Å²) in [5.41, 5.74) is 1.43. The van der Waals surface area contributed by atoms with Gasteiger partial charge in [0.05, 0.1) is 19.3 Å². The molecule has 2 aliphatic rings. The molecule has 0 unspecified atom stereocenters. The zero-order chi connectivity index (χ0) is 10.3. The Kier molecular flexibility index (Phi) is 1.89. The third kappa shape index (κ3) is 1.23. The summed E-state index contributed by atoms with van der Waals surface area (Å²) in [5, 5.41) is 3.53. The van der Waals surface area contributed by atoms with Gasteiger partial charge in [0.25, 0.3) is 0 Å². The molecular formula is C12H15NO2. The molecule has 15 heavy (non-hydrogen) atoms. The van der Waals surface area contributed by atoms with Crippen molar-refractivity contribution in [2.45, 2.75) is 18.4 Å². The van der Waals surface area contributed by atoms with Gasteiger partial charge in [0.15, 0.2) is 0 Å². The average molecular weight is 205 g/mol. The van der Waals surface area contributed by atoms with Crippen LogP contribution < -0.4 is 14.8 Å². The van der Waals surface area contributed by atoms with Crippen LogP contribution in [0.4, 0.5) is 0 Å². The van der Waals surface area contributed by atoms with E-state index in [2.05, 4.69) is 11.4 Å². The average Bonchev–Trinajstić information content (AvgIpc) is 2.25. The molecule has 1 aromatic rings. The SMILES string of the molecule is COc1ccc2c(c1)[C@]1(CCN1)CCO2. The first-order valence-corrected chi connectivity index (χ1v) is 5.40. The Morgan fingerprint density at radius 1 is 1.40 bits per heavy atom. The van der Waals surface area contributed by atoms with Crippen molar-refractivity contribution in [3.05, 3.63) is 23.8 Å². The van der Waals surface area contributed by atoms with Crippen LogP contribution in [0.2, 0.25) is 0 Å². The van der Waals surface area contributed by atoms with Gasteiger partial charge in [-0.2, -0.15) is 0 Å². The maximum atomic E-state index is 5.66. The van der Waals surface area contributed by atoms with E-state index in [1.54, 1.807) is 7.11 Å². The molecule has 1 N–H and O–H groups in total.